The summed E-state index contributed by atoms with van der Waals surface area (Å²) in [5, 5.41) is 0. The number of carbonyl (C=O) groups is 1. The first-order chi connectivity index (χ1) is 11.0. The van der Waals surface area contributed by atoms with Gasteiger partial charge in [0.2, 0.25) is 5.91 Å². The molecule has 0 aliphatic carbocycles. The number of carbonyl (C=O) groups excluding carboxylic acids is 1. The van der Waals surface area contributed by atoms with Gasteiger partial charge in [-0.2, -0.15) is 0 Å². The van der Waals surface area contributed by atoms with Crippen LogP contribution in [0.25, 0.3) is 0 Å². The molecule has 1 aliphatic heterocycles. The summed E-state index contributed by atoms with van der Waals surface area (Å²) in [4.78, 5) is 16.9. The molecule has 0 radical (unpaired) electrons. The lowest BCUT2D eigenvalue weighted by molar-refractivity contribution is -0.117. The van der Waals surface area contributed by atoms with Crippen LogP contribution in [0.4, 0.5) is 15.8 Å². The van der Waals surface area contributed by atoms with E-state index >= 15 is 0 Å². The largest absolute Gasteiger partial charge is 0.312 e. The van der Waals surface area contributed by atoms with Crippen LogP contribution in [0.3, 0.4) is 0 Å². The Hall–Kier alpha value is -2.48. The maximum Gasteiger partial charge on any atom is 0.261 e. The van der Waals surface area contributed by atoms with E-state index in [1.807, 2.05) is 0 Å². The first kappa shape index (κ1) is 15.4. The highest BCUT2D eigenvalue weighted by Gasteiger charge is 2.22. The first-order valence-corrected chi connectivity index (χ1v) is 8.48. The van der Waals surface area contributed by atoms with Crippen molar-refractivity contribution in [2.45, 2.75) is 17.7 Å². The molecule has 0 bridgehead atoms. The van der Waals surface area contributed by atoms with E-state index in [0.717, 1.165) is 18.7 Å². The molecule has 3 rings (SSSR count). The van der Waals surface area contributed by atoms with Crippen LogP contribution in [-0.2, 0) is 14.8 Å². The number of nitrogens with one attached hydrogen (secondary N) is 1. The lowest BCUT2D eigenvalue weighted by atomic mass is 10.3. The monoisotopic (exact) mass is 335 g/mol. The van der Waals surface area contributed by atoms with E-state index in [4.69, 9.17) is 0 Å². The molecule has 0 saturated carbocycles. The lowest BCUT2D eigenvalue weighted by Gasteiger charge is -2.16. The minimum absolute atomic E-state index is 0.0251. The molecular formula is C15H14FN3O3S. The van der Waals surface area contributed by atoms with Crippen molar-refractivity contribution in [3.8, 4) is 0 Å². The number of benzene rings is 1. The Morgan fingerprint density at radius 1 is 1.17 bits per heavy atom. The molecule has 120 valence electrons. The van der Waals surface area contributed by atoms with E-state index in [0.29, 0.717) is 18.7 Å². The lowest BCUT2D eigenvalue weighted by Crippen LogP contribution is -2.23. The number of rotatable bonds is 4. The van der Waals surface area contributed by atoms with Crippen molar-refractivity contribution < 1.29 is 17.6 Å². The van der Waals surface area contributed by atoms with E-state index in [2.05, 4.69) is 9.71 Å². The fourth-order valence-corrected chi connectivity index (χ4v) is 3.44. The third-order valence-electron chi connectivity index (χ3n) is 3.49. The Kier molecular flexibility index (Phi) is 3.99. The van der Waals surface area contributed by atoms with Gasteiger partial charge in [0.15, 0.2) is 0 Å². The molecular weight excluding hydrogens is 321 g/mol. The number of pyridine rings is 1. The Morgan fingerprint density at radius 3 is 2.52 bits per heavy atom. The second-order valence-corrected chi connectivity index (χ2v) is 6.82. The quantitative estimate of drug-likeness (QED) is 0.928. The highest BCUT2D eigenvalue weighted by atomic mass is 32.2. The first-order valence-electron chi connectivity index (χ1n) is 6.99. The van der Waals surface area contributed by atoms with E-state index in [1.165, 1.54) is 18.3 Å². The molecule has 1 fully saturated rings. The van der Waals surface area contributed by atoms with Crippen LogP contribution in [0.2, 0.25) is 0 Å². The highest BCUT2D eigenvalue weighted by molar-refractivity contribution is 7.92. The van der Waals surface area contributed by atoms with E-state index in [9.17, 15) is 17.6 Å². The zero-order chi connectivity index (χ0) is 16.4. The van der Waals surface area contributed by atoms with Crippen molar-refractivity contribution in [1.82, 2.24) is 4.98 Å². The van der Waals surface area contributed by atoms with Gasteiger partial charge in [0.1, 0.15) is 5.82 Å². The SMILES string of the molecule is O=C1CCCN1c1ccc(S(=O)(=O)Nc2cncc(F)c2)cc1. The second kappa shape index (κ2) is 5.96. The average molecular weight is 335 g/mol. The number of sulfonamides is 1. The molecule has 8 heteroatoms. The minimum Gasteiger partial charge on any atom is -0.312 e. The van der Waals surface area contributed by atoms with E-state index < -0.39 is 15.8 Å². The van der Waals surface area contributed by atoms with Crippen molar-refractivity contribution >= 4 is 27.3 Å². The highest BCUT2D eigenvalue weighted by Crippen LogP contribution is 2.24. The van der Waals surface area contributed by atoms with Crippen LogP contribution >= 0.6 is 0 Å². The third kappa shape index (κ3) is 3.31. The minimum atomic E-state index is -3.84. The van der Waals surface area contributed by atoms with Gasteiger partial charge in [0.25, 0.3) is 10.0 Å². The number of aromatic nitrogens is 1. The zero-order valence-corrected chi connectivity index (χ0v) is 12.9. The van der Waals surface area contributed by atoms with Crippen LogP contribution < -0.4 is 9.62 Å². The van der Waals surface area contributed by atoms with Gasteiger partial charge in [-0.1, -0.05) is 0 Å². The van der Waals surface area contributed by atoms with Crippen LogP contribution in [0, 0.1) is 5.82 Å². The fraction of sp³-hybridized carbons (Fsp3) is 0.200. The summed E-state index contributed by atoms with van der Waals surface area (Å²) in [6.45, 7) is 0.637. The number of hydrogen-bond donors (Lipinski definition) is 1. The smallest absolute Gasteiger partial charge is 0.261 e. The standard InChI is InChI=1S/C15H14FN3O3S/c16-11-8-12(10-17-9-11)18-23(21,22)14-5-3-13(4-6-14)19-7-1-2-15(19)20/h3-6,8-10,18H,1-2,7H2. The van der Waals surface area contributed by atoms with Gasteiger partial charge in [-0.3, -0.25) is 14.5 Å². The third-order valence-corrected chi connectivity index (χ3v) is 4.89. The number of amides is 1. The average Bonchev–Trinajstić information content (AvgIpc) is 2.93. The predicted octanol–water partition coefficient (Wildman–Crippen LogP) is 2.15. The predicted molar refractivity (Wildman–Crippen MR) is 83.0 cm³/mol. The molecule has 0 unspecified atom stereocenters. The maximum absolute atomic E-state index is 13.1. The Balaban J connectivity index is 1.81. The molecule has 1 N–H and O–H groups in total. The number of halogens is 1. The number of hydrogen-bond acceptors (Lipinski definition) is 4. The van der Waals surface area contributed by atoms with Crippen LogP contribution in [-0.4, -0.2) is 25.9 Å². The number of anilines is 2. The molecule has 1 aliphatic rings. The molecule has 0 spiro atoms. The van der Waals surface area contributed by atoms with Crippen LogP contribution in [0.15, 0.2) is 47.6 Å². The Morgan fingerprint density at radius 2 is 1.91 bits per heavy atom. The molecule has 23 heavy (non-hydrogen) atoms. The molecule has 0 atom stereocenters. The normalized spacial score (nSPS) is 15.0. The summed E-state index contributed by atoms with van der Waals surface area (Å²) in [5.74, 6) is -0.599. The molecule has 2 heterocycles. The van der Waals surface area contributed by atoms with Crippen molar-refractivity contribution in [1.29, 1.82) is 0 Å². The van der Waals surface area contributed by atoms with Crippen molar-refractivity contribution in [2.24, 2.45) is 0 Å². The van der Waals surface area contributed by atoms with Crippen molar-refractivity contribution in [2.75, 3.05) is 16.2 Å². The van der Waals surface area contributed by atoms with Crippen molar-refractivity contribution in [3.63, 3.8) is 0 Å². The maximum atomic E-state index is 13.1. The summed E-state index contributed by atoms with van der Waals surface area (Å²) in [5.41, 5.74) is 0.711. The van der Waals surface area contributed by atoms with E-state index in [-0.39, 0.29) is 16.5 Å². The summed E-state index contributed by atoms with van der Waals surface area (Å²) in [7, 11) is -3.84. The van der Waals surface area contributed by atoms with Crippen LogP contribution in [0.1, 0.15) is 12.8 Å². The van der Waals surface area contributed by atoms with Gasteiger partial charge in [0.05, 0.1) is 23.0 Å². The summed E-state index contributed by atoms with van der Waals surface area (Å²) in [6.07, 6.45) is 3.51. The number of nitrogens with zero attached hydrogens (tertiary/aromatic N) is 2. The van der Waals surface area contributed by atoms with Gasteiger partial charge < -0.3 is 4.90 Å². The summed E-state index contributed by atoms with van der Waals surface area (Å²) < 4.78 is 39.9. The fourth-order valence-electron chi connectivity index (χ4n) is 2.41. The molecule has 1 aromatic carbocycles. The van der Waals surface area contributed by atoms with Crippen molar-refractivity contribution in [3.05, 3.63) is 48.5 Å². The topological polar surface area (TPSA) is 79.4 Å². The summed E-state index contributed by atoms with van der Waals surface area (Å²) in [6, 6.07) is 7.04. The molecule has 1 saturated heterocycles. The summed E-state index contributed by atoms with van der Waals surface area (Å²) >= 11 is 0. The van der Waals surface area contributed by atoms with Gasteiger partial charge in [-0.15, -0.1) is 0 Å². The van der Waals surface area contributed by atoms with Gasteiger partial charge >= 0.3 is 0 Å². The van der Waals surface area contributed by atoms with E-state index in [1.54, 1.807) is 17.0 Å². The molecule has 1 aromatic heterocycles. The molecule has 6 nitrogen and oxygen atoms in total. The zero-order valence-electron chi connectivity index (χ0n) is 12.1. The Labute approximate surface area is 133 Å². The van der Waals surface area contributed by atoms with Gasteiger partial charge in [-0.05, 0) is 30.7 Å². The molecule has 2 aromatic rings. The van der Waals surface area contributed by atoms with Crippen LogP contribution in [0.5, 0.6) is 0 Å². The molecule has 1 amide bonds. The van der Waals surface area contributed by atoms with Gasteiger partial charge in [-0.25, -0.2) is 12.8 Å². The Bertz CT molecular complexity index is 837. The second-order valence-electron chi connectivity index (χ2n) is 5.14. The van der Waals surface area contributed by atoms with Gasteiger partial charge in [0, 0.05) is 24.7 Å².